The predicted octanol–water partition coefficient (Wildman–Crippen LogP) is 2.21. The Labute approximate surface area is 143 Å². The summed E-state index contributed by atoms with van der Waals surface area (Å²) in [5.74, 6) is 0.323. The Morgan fingerprint density at radius 2 is 2.13 bits per heavy atom. The second-order valence-electron chi connectivity index (χ2n) is 5.32. The van der Waals surface area contributed by atoms with Gasteiger partial charge in [0, 0.05) is 17.0 Å². The van der Waals surface area contributed by atoms with Crippen LogP contribution >= 0.6 is 23.1 Å². The van der Waals surface area contributed by atoms with Crippen LogP contribution in [0.2, 0.25) is 0 Å². The Balaban J connectivity index is 1.51. The maximum atomic E-state index is 11.9. The molecule has 1 amide bonds. The standard InChI is InChI=1S/C15H16N2O3S3/c18-14(16-12-6-7-23(19,20)10-12)9-22-15-17-13(8-21-15)11-4-2-1-3-5-11/h1-5,8,12H,6-7,9-10H2,(H,16,18)/t12-/m1/s1. The van der Waals surface area contributed by atoms with Crippen molar-refractivity contribution in [2.45, 2.75) is 16.8 Å². The Hall–Kier alpha value is -1.38. The maximum Gasteiger partial charge on any atom is 0.230 e. The molecule has 1 aromatic carbocycles. The molecule has 1 aliphatic rings. The number of thioether (sulfide) groups is 1. The third-order valence-electron chi connectivity index (χ3n) is 3.48. The summed E-state index contributed by atoms with van der Waals surface area (Å²) in [6.07, 6.45) is 0.508. The fraction of sp³-hybridized carbons (Fsp3) is 0.333. The van der Waals surface area contributed by atoms with Gasteiger partial charge in [0.1, 0.15) is 0 Å². The van der Waals surface area contributed by atoms with Gasteiger partial charge in [0.05, 0.1) is 23.0 Å². The second kappa shape index (κ2) is 7.02. The number of nitrogens with zero attached hydrogens (tertiary/aromatic N) is 1. The van der Waals surface area contributed by atoms with Crippen molar-refractivity contribution in [2.24, 2.45) is 0 Å². The molecule has 0 spiro atoms. The zero-order valence-corrected chi connectivity index (χ0v) is 14.7. The van der Waals surface area contributed by atoms with Gasteiger partial charge in [-0.3, -0.25) is 4.79 Å². The Morgan fingerprint density at radius 3 is 2.83 bits per heavy atom. The molecule has 1 N–H and O–H groups in total. The van der Waals surface area contributed by atoms with Gasteiger partial charge < -0.3 is 5.32 Å². The van der Waals surface area contributed by atoms with Gasteiger partial charge in [-0.2, -0.15) is 0 Å². The monoisotopic (exact) mass is 368 g/mol. The highest BCUT2D eigenvalue weighted by Gasteiger charge is 2.28. The first kappa shape index (κ1) is 16.5. The van der Waals surface area contributed by atoms with Crippen LogP contribution in [0.15, 0.2) is 40.1 Å². The summed E-state index contributed by atoms with van der Waals surface area (Å²) in [7, 11) is -2.97. The third kappa shape index (κ3) is 4.55. The summed E-state index contributed by atoms with van der Waals surface area (Å²) in [4.78, 5) is 16.4. The molecule has 0 aliphatic carbocycles. The fourth-order valence-electron chi connectivity index (χ4n) is 2.37. The van der Waals surface area contributed by atoms with Crippen LogP contribution in [-0.2, 0) is 14.6 Å². The van der Waals surface area contributed by atoms with Crippen LogP contribution in [0.5, 0.6) is 0 Å². The lowest BCUT2D eigenvalue weighted by atomic mass is 10.2. The van der Waals surface area contributed by atoms with Crippen LogP contribution < -0.4 is 5.32 Å². The van der Waals surface area contributed by atoms with Gasteiger partial charge in [-0.15, -0.1) is 11.3 Å². The Bertz CT molecular complexity index is 787. The van der Waals surface area contributed by atoms with Crippen molar-refractivity contribution in [3.8, 4) is 11.3 Å². The van der Waals surface area contributed by atoms with E-state index < -0.39 is 9.84 Å². The first-order valence-corrected chi connectivity index (χ1v) is 10.8. The number of amides is 1. The van der Waals surface area contributed by atoms with E-state index in [2.05, 4.69) is 10.3 Å². The lowest BCUT2D eigenvalue weighted by Gasteiger charge is -2.09. The van der Waals surface area contributed by atoms with E-state index in [4.69, 9.17) is 0 Å². The van der Waals surface area contributed by atoms with Gasteiger partial charge in [0.25, 0.3) is 0 Å². The summed E-state index contributed by atoms with van der Waals surface area (Å²) >= 11 is 2.88. The molecule has 23 heavy (non-hydrogen) atoms. The Kier molecular flexibility index (Phi) is 5.03. The van der Waals surface area contributed by atoms with Crippen LogP contribution in [0.4, 0.5) is 0 Å². The number of hydrogen-bond donors (Lipinski definition) is 1. The highest BCUT2D eigenvalue weighted by molar-refractivity contribution is 8.01. The molecular weight excluding hydrogens is 352 g/mol. The minimum absolute atomic E-state index is 0.0544. The molecule has 1 aliphatic heterocycles. The fourth-order valence-corrected chi connectivity index (χ4v) is 5.69. The van der Waals surface area contributed by atoms with E-state index in [1.54, 1.807) is 0 Å². The summed E-state index contributed by atoms with van der Waals surface area (Å²) in [6, 6.07) is 9.63. The van der Waals surface area contributed by atoms with E-state index in [0.29, 0.717) is 6.42 Å². The van der Waals surface area contributed by atoms with Crippen LogP contribution in [0.1, 0.15) is 6.42 Å². The van der Waals surface area contributed by atoms with Crippen molar-refractivity contribution < 1.29 is 13.2 Å². The number of rotatable bonds is 5. The molecule has 0 unspecified atom stereocenters. The summed E-state index contributed by atoms with van der Waals surface area (Å²) in [6.45, 7) is 0. The van der Waals surface area contributed by atoms with Gasteiger partial charge >= 0.3 is 0 Å². The van der Waals surface area contributed by atoms with Crippen LogP contribution in [-0.4, -0.2) is 42.6 Å². The molecule has 2 heterocycles. The van der Waals surface area contributed by atoms with Gasteiger partial charge in [-0.25, -0.2) is 13.4 Å². The number of nitrogens with one attached hydrogen (secondary N) is 1. The summed E-state index contributed by atoms with van der Waals surface area (Å²) in [5.41, 5.74) is 1.96. The van der Waals surface area contributed by atoms with Gasteiger partial charge in [0.2, 0.25) is 5.91 Å². The lowest BCUT2D eigenvalue weighted by molar-refractivity contribution is -0.119. The number of carbonyl (C=O) groups excluding carboxylic acids is 1. The van der Waals surface area contributed by atoms with E-state index in [-0.39, 0.29) is 29.2 Å². The normalized spacial score (nSPS) is 19.6. The van der Waals surface area contributed by atoms with Gasteiger partial charge in [-0.1, -0.05) is 42.1 Å². The Morgan fingerprint density at radius 1 is 1.35 bits per heavy atom. The number of sulfone groups is 1. The van der Waals surface area contributed by atoms with Crippen molar-refractivity contribution in [3.63, 3.8) is 0 Å². The SMILES string of the molecule is O=C(CSc1nc(-c2ccccc2)cs1)N[C@@H]1CCS(=O)(=O)C1. The van der Waals surface area contributed by atoms with E-state index >= 15 is 0 Å². The van der Waals surface area contributed by atoms with E-state index in [9.17, 15) is 13.2 Å². The first-order valence-electron chi connectivity index (χ1n) is 7.15. The molecule has 5 nitrogen and oxygen atoms in total. The van der Waals surface area contributed by atoms with E-state index in [0.717, 1.165) is 15.6 Å². The number of benzene rings is 1. The number of aromatic nitrogens is 1. The number of thiazole rings is 1. The topological polar surface area (TPSA) is 76.1 Å². The molecule has 1 fully saturated rings. The maximum absolute atomic E-state index is 11.9. The zero-order chi connectivity index (χ0) is 16.3. The van der Waals surface area contributed by atoms with Gasteiger partial charge in [0.15, 0.2) is 14.2 Å². The first-order chi connectivity index (χ1) is 11.0. The minimum Gasteiger partial charge on any atom is -0.352 e. The molecule has 122 valence electrons. The molecule has 0 saturated carbocycles. The van der Waals surface area contributed by atoms with Crippen LogP contribution in [0.3, 0.4) is 0 Å². The van der Waals surface area contributed by atoms with Crippen LogP contribution in [0.25, 0.3) is 11.3 Å². The molecule has 0 bridgehead atoms. The zero-order valence-electron chi connectivity index (χ0n) is 12.3. The highest BCUT2D eigenvalue weighted by atomic mass is 32.2. The van der Waals surface area contributed by atoms with Crippen LogP contribution in [0, 0.1) is 0 Å². The van der Waals surface area contributed by atoms with Crippen molar-refractivity contribution >= 4 is 38.8 Å². The lowest BCUT2D eigenvalue weighted by Crippen LogP contribution is -2.36. The average molecular weight is 369 g/mol. The third-order valence-corrected chi connectivity index (χ3v) is 7.27. The molecule has 1 aromatic heterocycles. The van der Waals surface area contributed by atoms with Gasteiger partial charge in [-0.05, 0) is 6.42 Å². The molecule has 1 atom stereocenters. The molecule has 1 saturated heterocycles. The van der Waals surface area contributed by atoms with Crippen molar-refractivity contribution in [1.29, 1.82) is 0 Å². The van der Waals surface area contributed by atoms with Crippen molar-refractivity contribution in [2.75, 3.05) is 17.3 Å². The smallest absolute Gasteiger partial charge is 0.230 e. The average Bonchev–Trinajstić information content (AvgIpc) is 3.13. The molecule has 2 aromatic rings. The highest BCUT2D eigenvalue weighted by Crippen LogP contribution is 2.28. The molecule has 3 rings (SSSR count). The largest absolute Gasteiger partial charge is 0.352 e. The predicted molar refractivity (Wildman–Crippen MR) is 93.5 cm³/mol. The minimum atomic E-state index is -2.97. The quantitative estimate of drug-likeness (QED) is 0.819. The number of carbonyl (C=O) groups is 1. The summed E-state index contributed by atoms with van der Waals surface area (Å²) in [5, 5.41) is 4.75. The summed E-state index contributed by atoms with van der Waals surface area (Å²) < 4.78 is 23.6. The van der Waals surface area contributed by atoms with E-state index in [1.165, 1.54) is 23.1 Å². The van der Waals surface area contributed by atoms with E-state index in [1.807, 2.05) is 35.7 Å². The number of hydrogen-bond acceptors (Lipinski definition) is 6. The van der Waals surface area contributed by atoms with Crippen molar-refractivity contribution in [3.05, 3.63) is 35.7 Å². The second-order valence-corrected chi connectivity index (χ2v) is 9.63. The molecule has 8 heteroatoms. The van der Waals surface area contributed by atoms with Crippen molar-refractivity contribution in [1.82, 2.24) is 10.3 Å². The molecule has 0 radical (unpaired) electrons. The molecular formula is C15H16N2O3S3.